The molecule has 2 aromatic rings. The summed E-state index contributed by atoms with van der Waals surface area (Å²) in [6, 6.07) is 6.28. The molecule has 0 bridgehead atoms. The number of rotatable bonds is 7. The van der Waals surface area contributed by atoms with Gasteiger partial charge in [-0.25, -0.2) is 0 Å². The molecule has 5 nitrogen and oxygen atoms in total. The van der Waals surface area contributed by atoms with E-state index in [2.05, 4.69) is 30.1 Å². The molecule has 136 valence electrons. The summed E-state index contributed by atoms with van der Waals surface area (Å²) in [6.45, 7) is 4.42. The maximum Gasteiger partial charge on any atom is 0.222 e. The van der Waals surface area contributed by atoms with Crippen molar-refractivity contribution in [3.8, 4) is 0 Å². The molecule has 2 N–H and O–H groups in total. The number of hydrogen-bond acceptors (Lipinski definition) is 3. The van der Waals surface area contributed by atoms with Gasteiger partial charge in [0.05, 0.1) is 6.10 Å². The number of aliphatic hydroxyl groups is 1. The number of carbonyl (C=O) groups excluding carboxylic acids is 1. The van der Waals surface area contributed by atoms with Crippen LogP contribution in [-0.4, -0.2) is 53.3 Å². The van der Waals surface area contributed by atoms with E-state index in [0.29, 0.717) is 19.4 Å². The van der Waals surface area contributed by atoms with Gasteiger partial charge in [-0.05, 0) is 43.7 Å². The molecule has 0 atom stereocenters. The SMILES string of the molecule is Cc1cccc2c(CCC(=O)N3CCC(OCCCO)CC3)c[nH]c12. The largest absolute Gasteiger partial charge is 0.396 e. The number of ether oxygens (including phenoxy) is 1. The molecular formula is C20H28N2O3. The molecule has 0 radical (unpaired) electrons. The number of nitrogens with zero attached hydrogens (tertiary/aromatic N) is 1. The van der Waals surface area contributed by atoms with Crippen molar-refractivity contribution in [3.05, 3.63) is 35.5 Å². The summed E-state index contributed by atoms with van der Waals surface area (Å²) >= 11 is 0. The van der Waals surface area contributed by atoms with Gasteiger partial charge in [-0.15, -0.1) is 0 Å². The van der Waals surface area contributed by atoms with E-state index in [9.17, 15) is 4.79 Å². The number of aromatic nitrogens is 1. The van der Waals surface area contributed by atoms with Crippen molar-refractivity contribution in [3.63, 3.8) is 0 Å². The lowest BCUT2D eigenvalue weighted by Gasteiger charge is -2.32. The fourth-order valence-electron chi connectivity index (χ4n) is 3.56. The number of aliphatic hydroxyl groups excluding tert-OH is 1. The van der Waals surface area contributed by atoms with Crippen LogP contribution in [0.5, 0.6) is 0 Å². The lowest BCUT2D eigenvalue weighted by molar-refractivity contribution is -0.133. The zero-order valence-electron chi connectivity index (χ0n) is 15.0. The normalized spacial score (nSPS) is 15.8. The highest BCUT2D eigenvalue weighted by Gasteiger charge is 2.23. The minimum Gasteiger partial charge on any atom is -0.396 e. The van der Waals surface area contributed by atoms with Crippen molar-refractivity contribution in [2.24, 2.45) is 0 Å². The predicted molar refractivity (Wildman–Crippen MR) is 98.6 cm³/mol. The first-order valence-electron chi connectivity index (χ1n) is 9.25. The van der Waals surface area contributed by atoms with Crippen LogP contribution in [0.2, 0.25) is 0 Å². The first kappa shape index (κ1) is 18.0. The summed E-state index contributed by atoms with van der Waals surface area (Å²) in [7, 11) is 0. The second-order valence-corrected chi connectivity index (χ2v) is 6.84. The van der Waals surface area contributed by atoms with Crippen molar-refractivity contribution in [1.82, 2.24) is 9.88 Å². The first-order chi connectivity index (χ1) is 12.2. The van der Waals surface area contributed by atoms with Crippen LogP contribution in [0.1, 0.15) is 36.8 Å². The van der Waals surface area contributed by atoms with Crippen LogP contribution < -0.4 is 0 Å². The van der Waals surface area contributed by atoms with Crippen LogP contribution >= 0.6 is 0 Å². The van der Waals surface area contributed by atoms with Crippen molar-refractivity contribution in [2.45, 2.75) is 45.1 Å². The average Bonchev–Trinajstić information content (AvgIpc) is 3.05. The van der Waals surface area contributed by atoms with E-state index in [1.165, 1.54) is 22.0 Å². The van der Waals surface area contributed by atoms with Gasteiger partial charge in [0, 0.05) is 49.8 Å². The summed E-state index contributed by atoms with van der Waals surface area (Å²) in [5.74, 6) is 0.232. The van der Waals surface area contributed by atoms with Gasteiger partial charge in [0.2, 0.25) is 5.91 Å². The smallest absolute Gasteiger partial charge is 0.222 e. The van der Waals surface area contributed by atoms with Crippen LogP contribution in [0.25, 0.3) is 10.9 Å². The van der Waals surface area contributed by atoms with Crippen molar-refractivity contribution >= 4 is 16.8 Å². The third-order valence-electron chi connectivity index (χ3n) is 5.07. The molecule has 1 aromatic carbocycles. The van der Waals surface area contributed by atoms with Crippen LogP contribution in [0.15, 0.2) is 24.4 Å². The molecule has 1 aliphatic rings. The van der Waals surface area contributed by atoms with E-state index in [1.807, 2.05) is 11.1 Å². The number of hydrogen-bond donors (Lipinski definition) is 2. The van der Waals surface area contributed by atoms with Crippen LogP contribution in [0.4, 0.5) is 0 Å². The Bertz CT molecular complexity index is 702. The van der Waals surface area contributed by atoms with E-state index in [0.717, 1.165) is 32.4 Å². The maximum atomic E-state index is 12.5. The number of aromatic amines is 1. The van der Waals surface area contributed by atoms with Crippen LogP contribution in [-0.2, 0) is 16.0 Å². The lowest BCUT2D eigenvalue weighted by atomic mass is 10.0. The number of para-hydroxylation sites is 1. The number of carbonyl (C=O) groups is 1. The molecule has 1 aromatic heterocycles. The van der Waals surface area contributed by atoms with Gasteiger partial charge < -0.3 is 19.7 Å². The van der Waals surface area contributed by atoms with Crippen LogP contribution in [0, 0.1) is 6.92 Å². The summed E-state index contributed by atoms with van der Waals surface area (Å²) in [6.07, 6.45) is 6.06. The minimum atomic E-state index is 0.171. The standard InChI is InChI=1S/C20H28N2O3/c1-15-4-2-5-18-16(14-21-20(15)18)6-7-19(24)22-10-8-17(9-11-22)25-13-3-12-23/h2,4-5,14,17,21,23H,3,6-13H2,1H3. The second-order valence-electron chi connectivity index (χ2n) is 6.84. The fourth-order valence-corrected chi connectivity index (χ4v) is 3.56. The molecule has 5 heteroatoms. The average molecular weight is 344 g/mol. The van der Waals surface area contributed by atoms with Gasteiger partial charge >= 0.3 is 0 Å². The molecule has 1 aliphatic heterocycles. The molecule has 0 saturated carbocycles. The second kappa shape index (κ2) is 8.50. The van der Waals surface area contributed by atoms with Gasteiger partial charge in [-0.3, -0.25) is 4.79 Å². The highest BCUT2D eigenvalue weighted by atomic mass is 16.5. The summed E-state index contributed by atoms with van der Waals surface area (Å²) in [5, 5.41) is 10.0. The Kier molecular flexibility index (Phi) is 6.10. The molecule has 1 amide bonds. The van der Waals surface area contributed by atoms with Gasteiger partial charge in [-0.1, -0.05) is 18.2 Å². The number of fused-ring (bicyclic) bond motifs is 1. The van der Waals surface area contributed by atoms with E-state index in [-0.39, 0.29) is 18.6 Å². The molecule has 25 heavy (non-hydrogen) atoms. The molecule has 1 fully saturated rings. The molecule has 1 saturated heterocycles. The number of benzene rings is 1. The van der Waals surface area contributed by atoms with E-state index in [1.54, 1.807) is 0 Å². The van der Waals surface area contributed by atoms with Gasteiger partial charge in [-0.2, -0.15) is 0 Å². The van der Waals surface area contributed by atoms with Crippen molar-refractivity contribution in [1.29, 1.82) is 0 Å². The van der Waals surface area contributed by atoms with E-state index in [4.69, 9.17) is 9.84 Å². The van der Waals surface area contributed by atoms with E-state index >= 15 is 0 Å². The number of likely N-dealkylation sites (tertiary alicyclic amines) is 1. The summed E-state index contributed by atoms with van der Waals surface area (Å²) in [4.78, 5) is 17.8. The topological polar surface area (TPSA) is 65.6 Å². The van der Waals surface area contributed by atoms with Crippen LogP contribution in [0.3, 0.4) is 0 Å². The number of piperidine rings is 1. The van der Waals surface area contributed by atoms with Gasteiger partial charge in [0.25, 0.3) is 0 Å². The van der Waals surface area contributed by atoms with Gasteiger partial charge in [0.1, 0.15) is 0 Å². The zero-order valence-corrected chi connectivity index (χ0v) is 15.0. The Hall–Kier alpha value is -1.85. The predicted octanol–water partition coefficient (Wildman–Crippen LogP) is 2.80. The number of nitrogens with one attached hydrogen (secondary N) is 1. The summed E-state index contributed by atoms with van der Waals surface area (Å²) < 4.78 is 5.73. The third kappa shape index (κ3) is 4.41. The molecular weight excluding hydrogens is 316 g/mol. The number of amides is 1. The lowest BCUT2D eigenvalue weighted by Crippen LogP contribution is -2.41. The Morgan fingerprint density at radius 3 is 2.92 bits per heavy atom. The molecule has 3 rings (SSSR count). The third-order valence-corrected chi connectivity index (χ3v) is 5.07. The Morgan fingerprint density at radius 1 is 1.36 bits per heavy atom. The van der Waals surface area contributed by atoms with Crippen molar-refractivity contribution < 1.29 is 14.6 Å². The zero-order chi connectivity index (χ0) is 17.6. The Labute approximate surface area is 149 Å². The van der Waals surface area contributed by atoms with E-state index < -0.39 is 0 Å². The summed E-state index contributed by atoms with van der Waals surface area (Å²) in [5.41, 5.74) is 3.62. The fraction of sp³-hybridized carbons (Fsp3) is 0.550. The Balaban J connectivity index is 1.47. The number of H-pyrrole nitrogens is 1. The minimum absolute atomic E-state index is 0.171. The Morgan fingerprint density at radius 2 is 2.16 bits per heavy atom. The van der Waals surface area contributed by atoms with Crippen molar-refractivity contribution in [2.75, 3.05) is 26.3 Å². The molecule has 0 spiro atoms. The molecule has 0 unspecified atom stereocenters. The van der Waals surface area contributed by atoms with Gasteiger partial charge in [0.15, 0.2) is 0 Å². The highest BCUT2D eigenvalue weighted by Crippen LogP contribution is 2.23. The monoisotopic (exact) mass is 344 g/mol. The maximum absolute atomic E-state index is 12.5. The molecule has 0 aliphatic carbocycles. The quantitative estimate of drug-likeness (QED) is 0.759. The first-order valence-corrected chi connectivity index (χ1v) is 9.25. The number of aryl methyl sites for hydroxylation is 2. The highest BCUT2D eigenvalue weighted by molar-refractivity contribution is 5.86. The molecule has 2 heterocycles.